The summed E-state index contributed by atoms with van der Waals surface area (Å²) < 4.78 is 52.1. The minimum Gasteiger partial charge on any atom is -0.206 e. The molecular formula is C30H34F4. The Kier molecular flexibility index (Phi) is 8.02. The molecule has 0 unspecified atom stereocenters. The second kappa shape index (κ2) is 11.0. The lowest BCUT2D eigenvalue weighted by Crippen LogP contribution is -2.28. The second-order valence-corrected chi connectivity index (χ2v) is 10.1. The van der Waals surface area contributed by atoms with Gasteiger partial charge in [-0.2, -0.15) is 13.2 Å². The molecule has 0 bridgehead atoms. The second-order valence-electron chi connectivity index (χ2n) is 10.1. The zero-order valence-corrected chi connectivity index (χ0v) is 20.0. The Bertz CT molecular complexity index is 1040. The fourth-order valence-electron chi connectivity index (χ4n) is 5.96. The summed E-state index contributed by atoms with van der Waals surface area (Å²) in [4.78, 5) is 0. The van der Waals surface area contributed by atoms with Crippen LogP contribution < -0.4 is 0 Å². The molecule has 0 radical (unpaired) electrons. The van der Waals surface area contributed by atoms with E-state index in [9.17, 15) is 17.6 Å². The van der Waals surface area contributed by atoms with Crippen LogP contribution in [-0.4, -0.2) is 0 Å². The molecule has 1 saturated carbocycles. The van der Waals surface area contributed by atoms with Gasteiger partial charge in [-0.25, -0.2) is 4.39 Å². The molecule has 4 rings (SSSR count). The molecule has 2 aliphatic rings. The summed E-state index contributed by atoms with van der Waals surface area (Å²) >= 11 is 0. The number of halogens is 4. The summed E-state index contributed by atoms with van der Waals surface area (Å²) in [7, 11) is 0. The predicted molar refractivity (Wildman–Crippen MR) is 129 cm³/mol. The Morgan fingerprint density at radius 1 is 0.882 bits per heavy atom. The minimum atomic E-state index is -4.69. The van der Waals surface area contributed by atoms with Gasteiger partial charge in [0.2, 0.25) is 0 Å². The van der Waals surface area contributed by atoms with Gasteiger partial charge in [0, 0.05) is 11.1 Å². The van der Waals surface area contributed by atoms with Gasteiger partial charge in [0.05, 0.1) is 5.56 Å². The zero-order chi connectivity index (χ0) is 24.1. The largest absolute Gasteiger partial charge is 0.419 e. The Hall–Kier alpha value is -2.28. The lowest BCUT2D eigenvalue weighted by Gasteiger charge is -2.40. The maximum atomic E-state index is 13.8. The number of hydrogen-bond acceptors (Lipinski definition) is 0. The molecule has 2 aromatic carbocycles. The standard InChI is InChI=1S/C30H34F4/c1-2-3-4-5-6-7-21-10-15-26-24(18-21)13-14-25-19-22(11-16-27(25)26)8-9-23-12-17-28(29(31)20-23)30(32,33)34/h11-12,16-17,19-21,24,26H,2-7,10,13-15,18H2,1H3/t21-,24-,26+/m1/s1. The van der Waals surface area contributed by atoms with E-state index in [1.54, 1.807) is 0 Å². The molecule has 0 amide bonds. The number of fused-ring (bicyclic) bond motifs is 3. The highest BCUT2D eigenvalue weighted by atomic mass is 19.4. The molecule has 34 heavy (non-hydrogen) atoms. The lowest BCUT2D eigenvalue weighted by atomic mass is 9.64. The number of aryl methyl sites for hydroxylation is 1. The Morgan fingerprint density at radius 2 is 1.62 bits per heavy atom. The van der Waals surface area contributed by atoms with Crippen molar-refractivity contribution in [1.29, 1.82) is 0 Å². The highest BCUT2D eigenvalue weighted by molar-refractivity contribution is 5.48. The van der Waals surface area contributed by atoms with Gasteiger partial charge in [-0.15, -0.1) is 0 Å². The molecule has 0 nitrogen and oxygen atoms in total. The number of hydrogen-bond donors (Lipinski definition) is 0. The van der Waals surface area contributed by atoms with Crippen LogP contribution in [0.25, 0.3) is 0 Å². The Labute approximate surface area is 201 Å². The van der Waals surface area contributed by atoms with E-state index in [-0.39, 0.29) is 5.56 Å². The zero-order valence-electron chi connectivity index (χ0n) is 20.0. The van der Waals surface area contributed by atoms with Crippen molar-refractivity contribution in [3.05, 3.63) is 70.0 Å². The number of benzene rings is 2. The smallest absolute Gasteiger partial charge is 0.206 e. The molecule has 1 fully saturated rings. The van der Waals surface area contributed by atoms with Crippen LogP contribution in [0.4, 0.5) is 17.6 Å². The molecule has 4 heteroatoms. The maximum absolute atomic E-state index is 13.8. The maximum Gasteiger partial charge on any atom is 0.419 e. The third kappa shape index (κ3) is 6.04. The van der Waals surface area contributed by atoms with E-state index in [0.29, 0.717) is 5.92 Å². The van der Waals surface area contributed by atoms with Crippen molar-refractivity contribution in [3.8, 4) is 11.8 Å². The molecule has 0 saturated heterocycles. The van der Waals surface area contributed by atoms with E-state index in [0.717, 1.165) is 36.0 Å². The van der Waals surface area contributed by atoms with Crippen molar-refractivity contribution in [2.45, 2.75) is 89.6 Å². The van der Waals surface area contributed by atoms with Crippen molar-refractivity contribution in [2.75, 3.05) is 0 Å². The van der Waals surface area contributed by atoms with Crippen molar-refractivity contribution in [2.24, 2.45) is 11.8 Å². The number of rotatable bonds is 6. The minimum absolute atomic E-state index is 0.247. The molecule has 182 valence electrons. The molecule has 0 aliphatic heterocycles. The van der Waals surface area contributed by atoms with Crippen LogP contribution in [0.5, 0.6) is 0 Å². The van der Waals surface area contributed by atoms with Gasteiger partial charge in [-0.3, -0.25) is 0 Å². The summed E-state index contributed by atoms with van der Waals surface area (Å²) in [6, 6.07) is 9.18. The lowest BCUT2D eigenvalue weighted by molar-refractivity contribution is -0.140. The van der Waals surface area contributed by atoms with Crippen LogP contribution in [0.3, 0.4) is 0 Å². The van der Waals surface area contributed by atoms with Crippen LogP contribution in [0.2, 0.25) is 0 Å². The van der Waals surface area contributed by atoms with Gasteiger partial charge >= 0.3 is 6.18 Å². The van der Waals surface area contributed by atoms with Crippen molar-refractivity contribution < 1.29 is 17.6 Å². The van der Waals surface area contributed by atoms with Gasteiger partial charge in [0.1, 0.15) is 5.82 Å². The molecule has 3 atom stereocenters. The van der Waals surface area contributed by atoms with E-state index in [2.05, 4.69) is 30.9 Å². The molecule has 0 spiro atoms. The first-order valence-electron chi connectivity index (χ1n) is 12.9. The average molecular weight is 471 g/mol. The van der Waals surface area contributed by atoms with Crippen molar-refractivity contribution >= 4 is 0 Å². The first kappa shape index (κ1) is 24.8. The van der Waals surface area contributed by atoms with E-state index < -0.39 is 17.6 Å². The monoisotopic (exact) mass is 470 g/mol. The van der Waals surface area contributed by atoms with E-state index >= 15 is 0 Å². The van der Waals surface area contributed by atoms with E-state index in [1.807, 2.05) is 6.07 Å². The molecule has 0 N–H and O–H groups in total. The number of alkyl halides is 3. The highest BCUT2D eigenvalue weighted by Crippen LogP contribution is 2.48. The van der Waals surface area contributed by atoms with E-state index in [1.165, 1.54) is 81.4 Å². The highest BCUT2D eigenvalue weighted by Gasteiger charge is 2.35. The summed E-state index contributed by atoms with van der Waals surface area (Å²) in [5.74, 6) is 6.87. The van der Waals surface area contributed by atoms with Gasteiger partial charge in [-0.1, -0.05) is 63.4 Å². The van der Waals surface area contributed by atoms with Crippen LogP contribution in [0, 0.1) is 29.5 Å². The molecular weight excluding hydrogens is 436 g/mol. The number of unbranched alkanes of at least 4 members (excludes halogenated alkanes) is 4. The molecule has 2 aromatic rings. The molecule has 0 aromatic heterocycles. The molecule has 0 heterocycles. The summed E-state index contributed by atoms with van der Waals surface area (Å²) in [6.45, 7) is 2.26. The van der Waals surface area contributed by atoms with Crippen LogP contribution in [0.1, 0.15) is 105 Å². The van der Waals surface area contributed by atoms with Crippen LogP contribution in [0.15, 0.2) is 36.4 Å². The average Bonchev–Trinajstić information content (AvgIpc) is 2.81. The van der Waals surface area contributed by atoms with E-state index in [4.69, 9.17) is 0 Å². The quantitative estimate of drug-likeness (QED) is 0.224. The summed E-state index contributed by atoms with van der Waals surface area (Å²) in [6.07, 6.45) is 9.73. The fourth-order valence-corrected chi connectivity index (χ4v) is 5.96. The topological polar surface area (TPSA) is 0 Å². The van der Waals surface area contributed by atoms with Crippen LogP contribution >= 0.6 is 0 Å². The summed E-state index contributed by atoms with van der Waals surface area (Å²) in [5.41, 5.74) is 2.63. The van der Waals surface area contributed by atoms with Gasteiger partial charge in [0.25, 0.3) is 0 Å². The first-order valence-corrected chi connectivity index (χ1v) is 12.9. The van der Waals surface area contributed by atoms with Crippen LogP contribution in [-0.2, 0) is 12.6 Å². The Balaban J connectivity index is 1.38. The van der Waals surface area contributed by atoms with Gasteiger partial charge < -0.3 is 0 Å². The third-order valence-corrected chi connectivity index (χ3v) is 7.76. The predicted octanol–water partition coefficient (Wildman–Crippen LogP) is 9.05. The Morgan fingerprint density at radius 3 is 2.35 bits per heavy atom. The van der Waals surface area contributed by atoms with Gasteiger partial charge in [-0.05, 0) is 91.3 Å². The normalized spacial score (nSPS) is 21.9. The van der Waals surface area contributed by atoms with Crippen molar-refractivity contribution in [1.82, 2.24) is 0 Å². The third-order valence-electron chi connectivity index (χ3n) is 7.76. The molecule has 2 aliphatic carbocycles. The first-order chi connectivity index (χ1) is 16.3. The summed E-state index contributed by atoms with van der Waals surface area (Å²) in [5, 5.41) is 0. The van der Waals surface area contributed by atoms with Gasteiger partial charge in [0.15, 0.2) is 0 Å². The fraction of sp³-hybridized carbons (Fsp3) is 0.533. The van der Waals surface area contributed by atoms with Crippen molar-refractivity contribution in [3.63, 3.8) is 0 Å². The SMILES string of the molecule is CCCCCCC[C@@H]1CC[C@@H]2c3ccc(C#Cc4ccc(C(F)(F)F)c(F)c4)cc3CC[C@@H]2C1.